The molecule has 31 heavy (non-hydrogen) atoms. The summed E-state index contributed by atoms with van der Waals surface area (Å²) in [5.41, 5.74) is 1.38. The van der Waals surface area contributed by atoms with E-state index in [2.05, 4.69) is 15.1 Å². The van der Waals surface area contributed by atoms with Gasteiger partial charge in [0.15, 0.2) is 0 Å². The van der Waals surface area contributed by atoms with Crippen molar-refractivity contribution in [3.8, 4) is 0 Å². The molecule has 0 saturated carbocycles. The van der Waals surface area contributed by atoms with Crippen molar-refractivity contribution in [1.29, 1.82) is 0 Å². The summed E-state index contributed by atoms with van der Waals surface area (Å²) < 4.78 is 39.7. The molecule has 6 amide bonds. The summed E-state index contributed by atoms with van der Waals surface area (Å²) in [6.45, 7) is 4.76. The van der Waals surface area contributed by atoms with Gasteiger partial charge in [0.1, 0.15) is 11.6 Å². The van der Waals surface area contributed by atoms with Gasteiger partial charge in [-0.25, -0.2) is 25.2 Å². The summed E-state index contributed by atoms with van der Waals surface area (Å²) in [5.74, 6) is -0.654. The van der Waals surface area contributed by atoms with E-state index < -0.39 is 52.1 Å². The fraction of sp³-hybridized carbons (Fsp3) is 0.733. The Kier molecular flexibility index (Phi) is 7.63. The van der Waals surface area contributed by atoms with Gasteiger partial charge in [0.25, 0.3) is 5.91 Å². The van der Waals surface area contributed by atoms with E-state index in [0.29, 0.717) is 5.06 Å². The lowest BCUT2D eigenvalue weighted by atomic mass is 10.0. The number of nitrogens with zero attached hydrogens (tertiary/aromatic N) is 2. The van der Waals surface area contributed by atoms with Crippen LogP contribution in [0.15, 0.2) is 0 Å². The van der Waals surface area contributed by atoms with Crippen LogP contribution >= 0.6 is 0 Å². The fourth-order valence-corrected chi connectivity index (χ4v) is 3.34. The Balaban J connectivity index is 1.70. The highest BCUT2D eigenvalue weighted by molar-refractivity contribution is 7.80. The summed E-state index contributed by atoms with van der Waals surface area (Å²) in [4.78, 5) is 53.6. The summed E-state index contributed by atoms with van der Waals surface area (Å²) in [5, 5.41) is 4.80. The van der Waals surface area contributed by atoms with E-state index in [1.165, 1.54) is 0 Å². The van der Waals surface area contributed by atoms with Crippen LogP contribution in [0.1, 0.15) is 33.6 Å². The normalized spacial score (nSPS) is 21.0. The molecule has 15 nitrogen and oxygen atoms in total. The van der Waals surface area contributed by atoms with Gasteiger partial charge in [0, 0.05) is 13.1 Å². The third-order valence-corrected chi connectivity index (χ3v) is 4.43. The van der Waals surface area contributed by atoms with E-state index in [4.69, 9.17) is 14.1 Å². The molecule has 16 heteroatoms. The molecule has 4 N–H and O–H groups in total. The molecule has 2 bridgehead atoms. The molecular formula is C15H25N5O10S. The van der Waals surface area contributed by atoms with Gasteiger partial charge in [-0.15, -0.1) is 4.28 Å². The molecule has 2 fully saturated rings. The highest BCUT2D eigenvalue weighted by atomic mass is 32.3. The van der Waals surface area contributed by atoms with Crippen LogP contribution in [0.5, 0.6) is 0 Å². The highest BCUT2D eigenvalue weighted by Gasteiger charge is 2.49. The number of alkyl carbamates (subject to hydrolysis) is 1. The lowest BCUT2D eigenvalue weighted by Gasteiger charge is -2.28. The number of amides is 6. The van der Waals surface area contributed by atoms with Crippen LogP contribution < -0.4 is 16.1 Å². The Morgan fingerprint density at radius 3 is 2.52 bits per heavy atom. The molecule has 0 radical (unpaired) electrons. The first-order chi connectivity index (χ1) is 14.3. The SMILES string of the molecule is CC(C)(C)OC(=O)NC(=O)NCCONC(=O)[C@@H]1CC[C@@H]2CN1C(=O)N2OS(=O)(=O)O. The van der Waals surface area contributed by atoms with E-state index in [9.17, 15) is 27.6 Å². The third-order valence-electron chi connectivity index (χ3n) is 4.08. The van der Waals surface area contributed by atoms with Gasteiger partial charge in [-0.1, -0.05) is 0 Å². The zero-order valence-electron chi connectivity index (χ0n) is 17.1. The molecule has 2 atom stereocenters. The van der Waals surface area contributed by atoms with Crippen molar-refractivity contribution in [1.82, 2.24) is 26.1 Å². The Morgan fingerprint density at radius 2 is 1.90 bits per heavy atom. The molecule has 0 spiro atoms. The number of nitrogens with one attached hydrogen (secondary N) is 3. The van der Waals surface area contributed by atoms with Gasteiger partial charge >= 0.3 is 28.6 Å². The third kappa shape index (κ3) is 7.50. The van der Waals surface area contributed by atoms with Crippen LogP contribution in [-0.2, 0) is 29.1 Å². The predicted molar refractivity (Wildman–Crippen MR) is 100 cm³/mol. The van der Waals surface area contributed by atoms with Gasteiger partial charge in [-0.05, 0) is 33.6 Å². The van der Waals surface area contributed by atoms with E-state index in [1.54, 1.807) is 20.8 Å². The number of carbonyl (C=O) groups excluding carboxylic acids is 4. The van der Waals surface area contributed by atoms with E-state index >= 15 is 0 Å². The lowest BCUT2D eigenvalue weighted by Crippen LogP contribution is -2.50. The Bertz CT molecular complexity index is 827. The molecule has 0 aromatic rings. The Labute approximate surface area is 178 Å². The second kappa shape index (κ2) is 9.63. The quantitative estimate of drug-likeness (QED) is 0.211. The Morgan fingerprint density at radius 1 is 1.23 bits per heavy atom. The first kappa shape index (κ1) is 24.6. The van der Waals surface area contributed by atoms with Crippen LogP contribution in [0, 0.1) is 0 Å². The second-order valence-corrected chi connectivity index (χ2v) is 8.71. The molecule has 176 valence electrons. The van der Waals surface area contributed by atoms with Crippen molar-refractivity contribution in [2.24, 2.45) is 0 Å². The van der Waals surface area contributed by atoms with Crippen molar-refractivity contribution >= 4 is 34.5 Å². The molecule has 0 aromatic carbocycles. The summed E-state index contributed by atoms with van der Waals surface area (Å²) in [6.07, 6.45) is -0.437. The second-order valence-electron chi connectivity index (χ2n) is 7.71. The van der Waals surface area contributed by atoms with Crippen molar-refractivity contribution < 1.29 is 46.0 Å². The van der Waals surface area contributed by atoms with Crippen molar-refractivity contribution in [2.75, 3.05) is 19.7 Å². The first-order valence-electron chi connectivity index (χ1n) is 9.23. The summed E-state index contributed by atoms with van der Waals surface area (Å²) in [6, 6.07) is -3.24. The average Bonchev–Trinajstić information content (AvgIpc) is 2.83. The molecule has 2 aliphatic heterocycles. The van der Waals surface area contributed by atoms with Gasteiger partial charge < -0.3 is 15.0 Å². The smallest absolute Gasteiger partial charge is 0.418 e. The monoisotopic (exact) mass is 467 g/mol. The number of hydrogen-bond acceptors (Lipinski definition) is 9. The summed E-state index contributed by atoms with van der Waals surface area (Å²) in [7, 11) is -4.88. The average molecular weight is 467 g/mol. The van der Waals surface area contributed by atoms with E-state index in [1.807, 2.05) is 5.32 Å². The maximum absolute atomic E-state index is 12.3. The van der Waals surface area contributed by atoms with Crippen molar-refractivity contribution in [2.45, 2.75) is 51.3 Å². The molecule has 2 heterocycles. The molecule has 0 aromatic heterocycles. The minimum absolute atomic E-state index is 0.0405. The van der Waals surface area contributed by atoms with Gasteiger partial charge in [-0.3, -0.25) is 14.2 Å². The van der Waals surface area contributed by atoms with E-state index in [-0.39, 0.29) is 32.5 Å². The molecular weight excluding hydrogens is 442 g/mol. The number of piperidine rings is 1. The Hall–Kier alpha value is -2.69. The molecule has 0 aliphatic carbocycles. The number of hydrogen-bond donors (Lipinski definition) is 4. The maximum Gasteiger partial charge on any atom is 0.418 e. The van der Waals surface area contributed by atoms with Crippen LogP contribution in [0.3, 0.4) is 0 Å². The zero-order valence-corrected chi connectivity index (χ0v) is 17.9. The van der Waals surface area contributed by atoms with Crippen LogP contribution in [-0.4, -0.2) is 84.4 Å². The van der Waals surface area contributed by atoms with Gasteiger partial charge in [0.2, 0.25) is 0 Å². The number of hydroxylamine groups is 3. The van der Waals surface area contributed by atoms with Gasteiger partial charge in [-0.2, -0.15) is 13.5 Å². The number of fused-ring (bicyclic) bond motifs is 2. The number of urea groups is 2. The van der Waals surface area contributed by atoms with Crippen molar-refractivity contribution in [3.63, 3.8) is 0 Å². The number of ether oxygens (including phenoxy) is 1. The zero-order chi connectivity index (χ0) is 23.4. The minimum atomic E-state index is -4.88. The minimum Gasteiger partial charge on any atom is -0.443 e. The molecule has 0 unspecified atom stereocenters. The topological polar surface area (TPSA) is 193 Å². The largest absolute Gasteiger partial charge is 0.443 e. The molecule has 2 aliphatic rings. The van der Waals surface area contributed by atoms with Crippen LogP contribution in [0.25, 0.3) is 0 Å². The van der Waals surface area contributed by atoms with Gasteiger partial charge in [0.05, 0.1) is 12.6 Å². The predicted octanol–water partition coefficient (Wildman–Crippen LogP) is -0.728. The fourth-order valence-electron chi connectivity index (χ4n) is 2.95. The van der Waals surface area contributed by atoms with Crippen LogP contribution in [0.2, 0.25) is 0 Å². The number of rotatable bonds is 7. The lowest BCUT2D eigenvalue weighted by molar-refractivity contribution is -0.138. The summed E-state index contributed by atoms with van der Waals surface area (Å²) >= 11 is 0. The number of imide groups is 1. The number of carbonyl (C=O) groups is 4. The maximum atomic E-state index is 12.3. The molecule has 2 rings (SSSR count). The van der Waals surface area contributed by atoms with Crippen molar-refractivity contribution in [3.05, 3.63) is 0 Å². The first-order valence-corrected chi connectivity index (χ1v) is 10.6. The van der Waals surface area contributed by atoms with Crippen LogP contribution in [0.4, 0.5) is 14.4 Å². The molecule has 2 saturated heterocycles. The standard InChI is InChI=1S/C15H25N5O10S/c1-15(2,3)29-13(23)17-12(22)16-6-7-28-18-11(21)10-5-4-9-8-19(10)14(24)20(9)30-31(25,26)27/h9-10H,4-8H2,1-3H3,(H,18,21)(H,25,26,27)(H2,16,17,22,23)/t9-,10+/m1/s1. The highest BCUT2D eigenvalue weighted by Crippen LogP contribution is 2.30. The van der Waals surface area contributed by atoms with E-state index in [0.717, 1.165) is 4.90 Å².